The molecule has 3 aromatic carbocycles. The predicted molar refractivity (Wildman–Crippen MR) is 88.5 cm³/mol. The second-order valence-corrected chi connectivity index (χ2v) is 5.08. The van der Waals surface area contributed by atoms with Crippen LogP contribution in [-0.2, 0) is 0 Å². The van der Waals surface area contributed by atoms with Crippen LogP contribution in [-0.4, -0.2) is 7.11 Å². The average Bonchev–Trinajstić information content (AvgIpc) is 2.62. The second-order valence-electron chi connectivity index (χ2n) is 5.08. The molecule has 0 radical (unpaired) electrons. The summed E-state index contributed by atoms with van der Waals surface area (Å²) in [6.45, 7) is 0. The summed E-state index contributed by atoms with van der Waals surface area (Å²) in [7, 11) is 1.51. The number of hydrogen-bond acceptors (Lipinski definition) is 2. The first-order chi connectivity index (χ1) is 11.2. The van der Waals surface area contributed by atoms with E-state index in [4.69, 9.17) is 10.00 Å². The van der Waals surface area contributed by atoms with Gasteiger partial charge in [0.15, 0.2) is 0 Å². The Balaban J connectivity index is 2.22. The van der Waals surface area contributed by atoms with Gasteiger partial charge in [-0.15, -0.1) is 0 Å². The highest BCUT2D eigenvalue weighted by molar-refractivity contribution is 5.84. The number of nitriles is 1. The summed E-state index contributed by atoms with van der Waals surface area (Å²) in [6.07, 6.45) is 0. The highest BCUT2D eigenvalue weighted by Crippen LogP contribution is 2.35. The van der Waals surface area contributed by atoms with Crippen molar-refractivity contribution in [3.63, 3.8) is 0 Å². The monoisotopic (exact) mass is 303 g/mol. The standard InChI is InChI=1S/C20H14FNO/c1-23-16-8-10-18(20(21)12-16)17-9-7-14(13-22)11-19(17)15-5-3-2-4-6-15/h2-12H,1H3. The van der Waals surface area contributed by atoms with Crippen LogP contribution in [0.15, 0.2) is 66.7 Å². The molecule has 112 valence electrons. The van der Waals surface area contributed by atoms with Crippen molar-refractivity contribution in [2.45, 2.75) is 0 Å². The maximum Gasteiger partial charge on any atom is 0.134 e. The van der Waals surface area contributed by atoms with Crippen molar-refractivity contribution in [2.75, 3.05) is 7.11 Å². The molecule has 0 atom stereocenters. The van der Waals surface area contributed by atoms with E-state index in [0.29, 0.717) is 16.9 Å². The molecule has 0 aromatic heterocycles. The minimum absolute atomic E-state index is 0.355. The zero-order valence-electron chi connectivity index (χ0n) is 12.6. The van der Waals surface area contributed by atoms with E-state index in [-0.39, 0.29) is 5.82 Å². The van der Waals surface area contributed by atoms with Crippen LogP contribution in [0.25, 0.3) is 22.3 Å². The molecule has 0 aliphatic carbocycles. The van der Waals surface area contributed by atoms with E-state index in [1.165, 1.54) is 13.2 Å². The molecule has 23 heavy (non-hydrogen) atoms. The van der Waals surface area contributed by atoms with Gasteiger partial charge >= 0.3 is 0 Å². The van der Waals surface area contributed by atoms with Crippen molar-refractivity contribution in [2.24, 2.45) is 0 Å². The molecule has 0 spiro atoms. The Hall–Kier alpha value is -3.12. The van der Waals surface area contributed by atoms with E-state index in [0.717, 1.165) is 16.7 Å². The van der Waals surface area contributed by atoms with Crippen LogP contribution in [0, 0.1) is 17.1 Å². The van der Waals surface area contributed by atoms with Gasteiger partial charge in [0.1, 0.15) is 11.6 Å². The van der Waals surface area contributed by atoms with E-state index in [1.54, 1.807) is 30.3 Å². The Morgan fingerprint density at radius 2 is 1.61 bits per heavy atom. The fourth-order valence-electron chi connectivity index (χ4n) is 2.55. The lowest BCUT2D eigenvalue weighted by molar-refractivity contribution is 0.411. The second kappa shape index (κ2) is 6.33. The van der Waals surface area contributed by atoms with Crippen LogP contribution < -0.4 is 4.74 Å². The van der Waals surface area contributed by atoms with Crippen molar-refractivity contribution in [3.8, 4) is 34.1 Å². The lowest BCUT2D eigenvalue weighted by Gasteiger charge is -2.12. The van der Waals surface area contributed by atoms with E-state index in [9.17, 15) is 4.39 Å². The summed E-state index contributed by atoms with van der Waals surface area (Å²) < 4.78 is 19.5. The molecule has 0 bridgehead atoms. The molecule has 0 amide bonds. The van der Waals surface area contributed by atoms with Gasteiger partial charge < -0.3 is 4.74 Å². The van der Waals surface area contributed by atoms with Crippen LogP contribution in [0.4, 0.5) is 4.39 Å². The number of rotatable bonds is 3. The maximum atomic E-state index is 14.5. The maximum absolute atomic E-state index is 14.5. The van der Waals surface area contributed by atoms with Gasteiger partial charge in [-0.25, -0.2) is 4.39 Å². The molecule has 0 heterocycles. The first-order valence-electron chi connectivity index (χ1n) is 7.16. The first kappa shape index (κ1) is 14.8. The normalized spacial score (nSPS) is 10.1. The number of benzene rings is 3. The summed E-state index contributed by atoms with van der Waals surface area (Å²) >= 11 is 0. The van der Waals surface area contributed by atoms with Gasteiger partial charge in [0, 0.05) is 11.6 Å². The Kier molecular flexibility index (Phi) is 4.07. The summed E-state index contributed by atoms with van der Waals surface area (Å²) in [5, 5.41) is 9.15. The van der Waals surface area contributed by atoms with E-state index < -0.39 is 0 Å². The Morgan fingerprint density at radius 1 is 0.870 bits per heavy atom. The van der Waals surface area contributed by atoms with E-state index >= 15 is 0 Å². The molecule has 0 saturated heterocycles. The highest BCUT2D eigenvalue weighted by atomic mass is 19.1. The molecule has 0 fully saturated rings. The predicted octanol–water partition coefficient (Wildman–Crippen LogP) is 5.04. The SMILES string of the molecule is COc1ccc(-c2ccc(C#N)cc2-c2ccccc2)c(F)c1. The number of ether oxygens (including phenoxy) is 1. The topological polar surface area (TPSA) is 33.0 Å². The van der Waals surface area contributed by atoms with Gasteiger partial charge in [0.25, 0.3) is 0 Å². The third kappa shape index (κ3) is 2.93. The zero-order valence-corrected chi connectivity index (χ0v) is 12.6. The molecule has 0 saturated carbocycles. The smallest absolute Gasteiger partial charge is 0.134 e. The Bertz CT molecular complexity index is 882. The van der Waals surface area contributed by atoms with Crippen molar-refractivity contribution in [1.29, 1.82) is 5.26 Å². The van der Waals surface area contributed by atoms with Crippen LogP contribution >= 0.6 is 0 Å². The minimum Gasteiger partial charge on any atom is -0.497 e. The van der Waals surface area contributed by atoms with Gasteiger partial charge in [-0.3, -0.25) is 0 Å². The number of methoxy groups -OCH3 is 1. The van der Waals surface area contributed by atoms with E-state index in [2.05, 4.69) is 6.07 Å². The van der Waals surface area contributed by atoms with Gasteiger partial charge in [-0.05, 0) is 41.0 Å². The van der Waals surface area contributed by atoms with Crippen LogP contribution in [0.5, 0.6) is 5.75 Å². The van der Waals surface area contributed by atoms with Gasteiger partial charge in [0.2, 0.25) is 0 Å². The minimum atomic E-state index is -0.355. The molecule has 0 N–H and O–H groups in total. The molecule has 2 nitrogen and oxygen atoms in total. The van der Waals surface area contributed by atoms with Crippen molar-refractivity contribution in [1.82, 2.24) is 0 Å². The van der Waals surface area contributed by atoms with Crippen LogP contribution in [0.1, 0.15) is 5.56 Å². The number of hydrogen-bond donors (Lipinski definition) is 0. The third-order valence-electron chi connectivity index (χ3n) is 3.70. The fraction of sp³-hybridized carbons (Fsp3) is 0.0500. The summed E-state index contributed by atoms with van der Waals surface area (Å²) in [5.74, 6) is 0.118. The summed E-state index contributed by atoms with van der Waals surface area (Å²) in [4.78, 5) is 0. The third-order valence-corrected chi connectivity index (χ3v) is 3.70. The summed E-state index contributed by atoms with van der Waals surface area (Å²) in [6, 6.07) is 21.8. The quantitative estimate of drug-likeness (QED) is 0.679. The van der Waals surface area contributed by atoms with Gasteiger partial charge in [-0.2, -0.15) is 5.26 Å². The van der Waals surface area contributed by atoms with Gasteiger partial charge in [-0.1, -0.05) is 36.4 Å². The molecule has 3 aromatic rings. The van der Waals surface area contributed by atoms with Crippen molar-refractivity contribution < 1.29 is 9.13 Å². The summed E-state index contributed by atoms with van der Waals surface area (Å²) in [5.41, 5.74) is 3.54. The number of nitrogens with zero attached hydrogens (tertiary/aromatic N) is 1. The molecular formula is C20H14FNO. The molecule has 3 rings (SSSR count). The van der Waals surface area contributed by atoms with Crippen LogP contribution in [0.2, 0.25) is 0 Å². The first-order valence-corrected chi connectivity index (χ1v) is 7.16. The lowest BCUT2D eigenvalue weighted by atomic mass is 9.92. The molecule has 0 aliphatic rings. The zero-order chi connectivity index (χ0) is 16.2. The van der Waals surface area contributed by atoms with Gasteiger partial charge in [0.05, 0.1) is 18.7 Å². The van der Waals surface area contributed by atoms with Crippen LogP contribution in [0.3, 0.4) is 0 Å². The average molecular weight is 303 g/mol. The molecular weight excluding hydrogens is 289 g/mol. The molecule has 0 unspecified atom stereocenters. The molecule has 3 heteroatoms. The largest absolute Gasteiger partial charge is 0.497 e. The van der Waals surface area contributed by atoms with Crippen molar-refractivity contribution >= 4 is 0 Å². The Morgan fingerprint density at radius 3 is 2.26 bits per heavy atom. The van der Waals surface area contributed by atoms with E-state index in [1.807, 2.05) is 30.3 Å². The molecule has 0 aliphatic heterocycles. The van der Waals surface area contributed by atoms with Crippen molar-refractivity contribution in [3.05, 3.63) is 78.1 Å². The lowest BCUT2D eigenvalue weighted by Crippen LogP contribution is -1.92. The Labute approximate surface area is 134 Å². The number of halogens is 1. The highest BCUT2D eigenvalue weighted by Gasteiger charge is 2.13. The fourth-order valence-corrected chi connectivity index (χ4v) is 2.55.